The topological polar surface area (TPSA) is 190 Å². The molecule has 0 aliphatic rings. The van der Waals surface area contributed by atoms with Crippen LogP contribution >= 0.6 is 24.4 Å². The minimum absolute atomic E-state index is 0.190. The van der Waals surface area contributed by atoms with E-state index in [0.29, 0.717) is 12.2 Å². The van der Waals surface area contributed by atoms with Gasteiger partial charge in [0.15, 0.2) is 0 Å². The van der Waals surface area contributed by atoms with Crippen LogP contribution < -0.4 is 17.2 Å². The molecule has 0 saturated heterocycles. The summed E-state index contributed by atoms with van der Waals surface area (Å²) in [6.45, 7) is 0. The standard InChI is InChI=1S/C7H14N2O4S.C3H7NO2S/c8-4(6(10)11)1-2-14-3-5(9)7(12)13;4-2(1-7)3(5)6/h4-5H,1-3,8-9H2,(H,10,11)(H,12,13);2,7H,1,4H2,(H,5,6). The molecule has 3 unspecified atom stereocenters. The van der Waals surface area contributed by atoms with Crippen molar-refractivity contribution in [3.8, 4) is 0 Å². The Hall–Kier alpha value is -1.01. The Labute approximate surface area is 131 Å². The van der Waals surface area contributed by atoms with Crippen molar-refractivity contribution in [1.29, 1.82) is 0 Å². The van der Waals surface area contributed by atoms with E-state index in [-0.39, 0.29) is 11.5 Å². The third kappa shape index (κ3) is 13.7. The number of thiol groups is 1. The van der Waals surface area contributed by atoms with Gasteiger partial charge in [-0.2, -0.15) is 24.4 Å². The zero-order chi connectivity index (χ0) is 17.0. The molecule has 9 N–H and O–H groups in total. The van der Waals surface area contributed by atoms with E-state index in [1.54, 1.807) is 0 Å². The van der Waals surface area contributed by atoms with Crippen LogP contribution in [0.1, 0.15) is 6.42 Å². The molecular formula is C10H21N3O6S2. The predicted octanol–water partition coefficient (Wildman–Crippen LogP) is -1.74. The van der Waals surface area contributed by atoms with Gasteiger partial charge in [0.05, 0.1) is 0 Å². The van der Waals surface area contributed by atoms with Crippen LogP contribution in [0, 0.1) is 0 Å². The fourth-order valence-corrected chi connectivity index (χ4v) is 1.83. The number of rotatable bonds is 9. The molecule has 0 aliphatic carbocycles. The van der Waals surface area contributed by atoms with Crippen LogP contribution in [0.4, 0.5) is 0 Å². The first-order chi connectivity index (χ1) is 9.63. The minimum Gasteiger partial charge on any atom is -0.480 e. The van der Waals surface area contributed by atoms with E-state index in [9.17, 15) is 14.4 Å². The average molecular weight is 343 g/mol. The summed E-state index contributed by atoms with van der Waals surface area (Å²) in [6, 6.07) is -2.60. The van der Waals surface area contributed by atoms with Crippen molar-refractivity contribution in [2.24, 2.45) is 17.2 Å². The first kappa shape index (κ1) is 22.3. The molecule has 0 saturated carbocycles. The maximum atomic E-state index is 10.3. The molecule has 9 nitrogen and oxygen atoms in total. The lowest BCUT2D eigenvalue weighted by Gasteiger charge is -2.07. The summed E-state index contributed by atoms with van der Waals surface area (Å²) in [5, 5.41) is 24.9. The molecule has 0 aromatic heterocycles. The van der Waals surface area contributed by atoms with Crippen LogP contribution in [0.2, 0.25) is 0 Å². The van der Waals surface area contributed by atoms with Gasteiger partial charge in [0.1, 0.15) is 18.1 Å². The molecule has 21 heavy (non-hydrogen) atoms. The summed E-state index contributed by atoms with van der Waals surface area (Å²) >= 11 is 4.94. The normalized spacial score (nSPS) is 14.3. The highest BCUT2D eigenvalue weighted by molar-refractivity contribution is 7.99. The minimum atomic E-state index is -1.06. The van der Waals surface area contributed by atoms with E-state index >= 15 is 0 Å². The van der Waals surface area contributed by atoms with Gasteiger partial charge in [0.2, 0.25) is 0 Å². The molecular weight excluding hydrogens is 322 g/mol. The fourth-order valence-electron chi connectivity index (χ4n) is 0.693. The lowest BCUT2D eigenvalue weighted by atomic mass is 10.2. The van der Waals surface area contributed by atoms with Gasteiger partial charge in [0, 0.05) is 11.5 Å². The van der Waals surface area contributed by atoms with Gasteiger partial charge < -0.3 is 32.5 Å². The zero-order valence-corrected chi connectivity index (χ0v) is 12.9. The molecule has 0 aliphatic heterocycles. The van der Waals surface area contributed by atoms with E-state index in [4.69, 9.17) is 32.5 Å². The van der Waals surface area contributed by atoms with Crippen LogP contribution in [0.5, 0.6) is 0 Å². The Morgan fingerprint density at radius 1 is 0.905 bits per heavy atom. The smallest absolute Gasteiger partial charge is 0.321 e. The fraction of sp³-hybridized carbons (Fsp3) is 0.700. The first-order valence-corrected chi connectivity index (χ1v) is 7.55. The number of carboxylic acids is 3. The number of nitrogens with two attached hydrogens (primary N) is 3. The van der Waals surface area contributed by atoms with Crippen molar-refractivity contribution in [3.63, 3.8) is 0 Å². The Balaban J connectivity index is 0. The van der Waals surface area contributed by atoms with Gasteiger partial charge in [-0.15, -0.1) is 0 Å². The molecule has 0 radical (unpaired) electrons. The Morgan fingerprint density at radius 3 is 1.62 bits per heavy atom. The summed E-state index contributed by atoms with van der Waals surface area (Å²) in [5.41, 5.74) is 15.4. The van der Waals surface area contributed by atoms with Gasteiger partial charge in [-0.1, -0.05) is 0 Å². The van der Waals surface area contributed by atoms with E-state index < -0.39 is 36.0 Å². The predicted molar refractivity (Wildman–Crippen MR) is 82.6 cm³/mol. The molecule has 0 spiro atoms. The van der Waals surface area contributed by atoms with Crippen molar-refractivity contribution in [1.82, 2.24) is 0 Å². The van der Waals surface area contributed by atoms with Crippen molar-refractivity contribution < 1.29 is 29.7 Å². The van der Waals surface area contributed by atoms with Gasteiger partial charge >= 0.3 is 17.9 Å². The van der Waals surface area contributed by atoms with Crippen LogP contribution in [0.25, 0.3) is 0 Å². The van der Waals surface area contributed by atoms with Gasteiger partial charge in [-0.3, -0.25) is 14.4 Å². The summed E-state index contributed by atoms with van der Waals surface area (Å²) < 4.78 is 0. The van der Waals surface area contributed by atoms with Crippen molar-refractivity contribution in [3.05, 3.63) is 0 Å². The summed E-state index contributed by atoms with van der Waals surface area (Å²) in [4.78, 5) is 30.3. The highest BCUT2D eigenvalue weighted by atomic mass is 32.2. The SMILES string of the molecule is NC(CCSCC(N)C(=O)O)C(=O)O.NC(CS)C(=O)O. The van der Waals surface area contributed by atoms with E-state index in [2.05, 4.69) is 12.6 Å². The van der Waals surface area contributed by atoms with E-state index in [1.165, 1.54) is 11.8 Å². The van der Waals surface area contributed by atoms with Crippen LogP contribution in [-0.2, 0) is 14.4 Å². The first-order valence-electron chi connectivity index (χ1n) is 5.77. The number of hydrogen-bond acceptors (Lipinski definition) is 8. The second-order valence-electron chi connectivity index (χ2n) is 3.88. The van der Waals surface area contributed by atoms with E-state index in [0.717, 1.165) is 0 Å². The van der Waals surface area contributed by atoms with Crippen molar-refractivity contribution in [2.75, 3.05) is 17.3 Å². The third-order valence-corrected chi connectivity index (χ3v) is 3.53. The molecule has 124 valence electrons. The Kier molecular flexibility index (Phi) is 13.5. The number of thioether (sulfide) groups is 1. The lowest BCUT2D eigenvalue weighted by Crippen LogP contribution is -2.33. The third-order valence-electron chi connectivity index (χ3n) is 2.02. The Bertz CT molecular complexity index is 323. The van der Waals surface area contributed by atoms with Gasteiger partial charge in [-0.05, 0) is 12.2 Å². The molecule has 0 aromatic carbocycles. The largest absolute Gasteiger partial charge is 0.480 e. The number of carboxylic acid groups (broad SMARTS) is 3. The molecule has 0 heterocycles. The molecule has 0 aromatic rings. The zero-order valence-electron chi connectivity index (χ0n) is 11.2. The summed E-state index contributed by atoms with van der Waals surface area (Å²) in [7, 11) is 0. The van der Waals surface area contributed by atoms with Gasteiger partial charge in [-0.25, -0.2) is 0 Å². The highest BCUT2D eigenvalue weighted by Gasteiger charge is 2.13. The quantitative estimate of drug-likeness (QED) is 0.187. The lowest BCUT2D eigenvalue weighted by molar-refractivity contribution is -0.139. The molecule has 3 atom stereocenters. The number of carbonyl (C=O) groups is 3. The molecule has 0 amide bonds. The Morgan fingerprint density at radius 2 is 1.33 bits per heavy atom. The molecule has 0 rings (SSSR count). The average Bonchev–Trinajstić information content (AvgIpc) is 2.42. The highest BCUT2D eigenvalue weighted by Crippen LogP contribution is 2.05. The van der Waals surface area contributed by atoms with E-state index in [1.807, 2.05) is 0 Å². The second-order valence-corrected chi connectivity index (χ2v) is 5.40. The summed E-state index contributed by atoms with van der Waals surface area (Å²) in [5.74, 6) is -2.16. The number of aliphatic carboxylic acids is 3. The number of hydrogen-bond donors (Lipinski definition) is 7. The van der Waals surface area contributed by atoms with Crippen molar-refractivity contribution >= 4 is 42.3 Å². The summed E-state index contributed by atoms with van der Waals surface area (Å²) in [6.07, 6.45) is 0.312. The second kappa shape index (κ2) is 12.7. The van der Waals surface area contributed by atoms with Crippen LogP contribution in [0.3, 0.4) is 0 Å². The monoisotopic (exact) mass is 343 g/mol. The van der Waals surface area contributed by atoms with Crippen molar-refractivity contribution in [2.45, 2.75) is 24.5 Å². The molecule has 11 heteroatoms. The maximum absolute atomic E-state index is 10.3. The van der Waals surface area contributed by atoms with Crippen LogP contribution in [0.15, 0.2) is 0 Å². The van der Waals surface area contributed by atoms with Gasteiger partial charge in [0.25, 0.3) is 0 Å². The molecule has 0 bridgehead atoms. The molecule has 0 fully saturated rings. The van der Waals surface area contributed by atoms with Crippen LogP contribution in [-0.4, -0.2) is 68.6 Å². The maximum Gasteiger partial charge on any atom is 0.321 e.